The van der Waals surface area contributed by atoms with Crippen molar-refractivity contribution in [1.29, 1.82) is 0 Å². The molecule has 0 atom stereocenters. The zero-order valence-electron chi connectivity index (χ0n) is 78.8. The summed E-state index contributed by atoms with van der Waals surface area (Å²) in [5.41, 5.74) is 25.3. The molecule has 144 heavy (non-hydrogen) atoms. The molecule has 24 rings (SSSR count). The van der Waals surface area contributed by atoms with Crippen LogP contribution in [0.5, 0.6) is 0 Å². The second-order valence-electron chi connectivity index (χ2n) is 35.6. The van der Waals surface area contributed by atoms with Crippen LogP contribution in [0, 0.1) is 0 Å². The van der Waals surface area contributed by atoms with Crippen LogP contribution in [-0.4, -0.2) is 239 Å². The standard InChI is InChI=1S/C29H27N5O2.3C27H25N7O2/c35-24(17-23-18-28(33-32-23)21-4-2-1-3-5-21)16-20-6-8-22(9-7-20)27-19-25-26(31-27)10-11-30-29(25)34-12-14-36-15-13-34;35-22(16-21-17-24(33-32-21)19-5-8-28-9-6-19)15-18-1-3-20(4-2-18)26-30-23-7-10-29-27(25(23)31-26)34-11-13-36-14-12-34;2*35-22(15-21-16-23(33-32-21)19-4-2-1-3-5-19)14-18-6-8-20(9-7-18)25-30-24-26(31-25)28-17-29-27(24)34-10-12-36-13-11-34/h1-11,18-19,31H,12-17H2,(H,32,33);1-10,17H,11-16H2,(H,30,31)(H,32,33);2*1-9,16-17H,10-15H2,(H,32,33)(H,28,29,30,31). The van der Waals surface area contributed by atoms with E-state index in [1.807, 2.05) is 237 Å². The van der Waals surface area contributed by atoms with Crippen LogP contribution >= 0.6 is 0 Å². The van der Waals surface area contributed by atoms with E-state index in [1.54, 1.807) is 25.0 Å². The summed E-state index contributed by atoms with van der Waals surface area (Å²) in [5, 5.41) is 30.4. The van der Waals surface area contributed by atoms with Gasteiger partial charge in [-0.1, -0.05) is 188 Å². The van der Waals surface area contributed by atoms with Crippen LogP contribution in [-0.2, 0) is 89.5 Å². The van der Waals surface area contributed by atoms with Crippen molar-refractivity contribution in [2.75, 3.05) is 125 Å². The molecule has 4 saturated heterocycles. The fourth-order valence-electron chi connectivity index (χ4n) is 18.1. The Hall–Kier alpha value is -17.3. The highest BCUT2D eigenvalue weighted by atomic mass is 16.5. The van der Waals surface area contributed by atoms with Gasteiger partial charge in [-0.3, -0.25) is 44.6 Å². The normalized spacial score (nSPS) is 13.8. The van der Waals surface area contributed by atoms with E-state index in [4.69, 9.17) is 23.9 Å². The van der Waals surface area contributed by atoms with Crippen molar-refractivity contribution in [3.63, 3.8) is 0 Å². The zero-order valence-corrected chi connectivity index (χ0v) is 78.8. The summed E-state index contributed by atoms with van der Waals surface area (Å²) in [4.78, 5) is 118. The summed E-state index contributed by atoms with van der Waals surface area (Å²) in [7, 11) is 0. The first-order valence-corrected chi connectivity index (χ1v) is 48.1. The van der Waals surface area contributed by atoms with E-state index in [0.29, 0.717) is 102 Å². The first-order chi connectivity index (χ1) is 70.9. The number of ether oxygens (including phenoxy) is 4. The minimum absolute atomic E-state index is 0.123. The van der Waals surface area contributed by atoms with Gasteiger partial charge in [-0.2, -0.15) is 20.4 Å². The topological polar surface area (TPSA) is 425 Å². The number of hydrogen-bond donors (Lipinski definition) is 8. The Morgan fingerprint density at radius 2 is 0.604 bits per heavy atom. The summed E-state index contributed by atoms with van der Waals surface area (Å²) in [6, 6.07) is 79.4. The Kier molecular flexibility index (Phi) is 28.4. The number of rotatable bonds is 28. The Morgan fingerprint density at radius 1 is 0.278 bits per heavy atom. The van der Waals surface area contributed by atoms with E-state index >= 15 is 0 Å². The molecule has 17 heterocycles. The number of fused-ring (bicyclic) bond motifs is 4. The highest BCUT2D eigenvalue weighted by molar-refractivity contribution is 5.96. The lowest BCUT2D eigenvalue weighted by atomic mass is 10.0. The average molecular weight is 1920 g/mol. The lowest BCUT2D eigenvalue weighted by Gasteiger charge is -2.28. The predicted molar refractivity (Wildman–Crippen MR) is 551 cm³/mol. The number of nitrogens with one attached hydrogen (secondary N) is 8. The molecule has 7 aromatic carbocycles. The third-order valence-electron chi connectivity index (χ3n) is 25.5. The fourth-order valence-corrected chi connectivity index (χ4v) is 18.1. The van der Waals surface area contributed by atoms with Crippen LogP contribution in [0.15, 0.2) is 280 Å². The van der Waals surface area contributed by atoms with Gasteiger partial charge in [0.2, 0.25) is 0 Å². The Labute approximate surface area is 826 Å². The molecule has 0 saturated carbocycles. The Morgan fingerprint density at radius 3 is 0.979 bits per heavy atom. The van der Waals surface area contributed by atoms with Crippen LogP contribution in [0.3, 0.4) is 0 Å². The van der Waals surface area contributed by atoms with Gasteiger partial charge in [0.25, 0.3) is 0 Å². The molecule has 0 bridgehead atoms. The number of aromatic amines is 8. The van der Waals surface area contributed by atoms with E-state index in [2.05, 4.69) is 143 Å². The zero-order chi connectivity index (χ0) is 97.3. The number of hydrogen-bond acceptors (Lipinski definition) is 26. The van der Waals surface area contributed by atoms with E-state index in [9.17, 15) is 19.2 Å². The largest absolute Gasteiger partial charge is 0.378 e. The number of anilines is 4. The van der Waals surface area contributed by atoms with Crippen molar-refractivity contribution in [2.45, 2.75) is 51.4 Å². The summed E-state index contributed by atoms with van der Waals surface area (Å²) < 4.78 is 21.9. The number of benzene rings is 7. The fraction of sp³-hybridized carbons (Fsp3) is 0.218. The smallest absolute Gasteiger partial charge is 0.183 e. The minimum atomic E-state index is 0.123. The van der Waals surface area contributed by atoms with E-state index in [1.165, 1.54) is 0 Å². The molecule has 0 amide bonds. The second-order valence-corrected chi connectivity index (χ2v) is 35.6. The summed E-state index contributed by atoms with van der Waals surface area (Å²) in [6.45, 7) is 12.0. The van der Waals surface area contributed by atoms with E-state index in [0.717, 1.165) is 257 Å². The third kappa shape index (κ3) is 22.6. The van der Waals surface area contributed by atoms with Gasteiger partial charge in [-0.25, -0.2) is 44.9 Å². The maximum Gasteiger partial charge on any atom is 0.183 e. The van der Waals surface area contributed by atoms with Gasteiger partial charge in [0.15, 0.2) is 28.7 Å². The molecule has 0 aliphatic carbocycles. The lowest BCUT2D eigenvalue weighted by molar-refractivity contribution is -0.118. The van der Waals surface area contributed by atoms with Gasteiger partial charge in [0.1, 0.15) is 75.6 Å². The third-order valence-corrected chi connectivity index (χ3v) is 25.5. The van der Waals surface area contributed by atoms with Crippen molar-refractivity contribution >= 4 is 90.7 Å². The number of Topliss-reactive ketones (excluding diaryl/α,β-unsaturated/α-hetero) is 4. The molecule has 4 fully saturated rings. The molecule has 20 aromatic rings. The number of nitrogens with zero attached hydrogens (tertiary/aromatic N) is 18. The highest BCUT2D eigenvalue weighted by Gasteiger charge is 2.26. The van der Waals surface area contributed by atoms with Gasteiger partial charge in [-0.05, 0) is 82.4 Å². The maximum atomic E-state index is 12.7. The van der Waals surface area contributed by atoms with Crippen molar-refractivity contribution in [3.05, 3.63) is 325 Å². The molecule has 8 N–H and O–H groups in total. The molecular weight excluding hydrogens is 1810 g/mol. The molecule has 4 aliphatic rings. The molecule has 720 valence electrons. The minimum Gasteiger partial charge on any atom is -0.378 e. The van der Waals surface area contributed by atoms with Crippen molar-refractivity contribution < 1.29 is 38.1 Å². The van der Waals surface area contributed by atoms with Gasteiger partial charge in [0.05, 0.1) is 86.7 Å². The van der Waals surface area contributed by atoms with Crippen molar-refractivity contribution in [3.8, 4) is 90.5 Å². The number of imidazole rings is 3. The number of ketones is 4. The quantitative estimate of drug-likeness (QED) is 0.0226. The average Bonchev–Trinajstić information content (AvgIpc) is 1.65. The molecule has 0 radical (unpaired) electrons. The monoisotopic (exact) mass is 1910 g/mol. The molecule has 13 aromatic heterocycles. The van der Waals surface area contributed by atoms with E-state index in [-0.39, 0.29) is 23.1 Å². The Balaban J connectivity index is 0.000000113. The number of H-pyrrole nitrogens is 8. The predicted octanol–water partition coefficient (Wildman–Crippen LogP) is 15.6. The van der Waals surface area contributed by atoms with Crippen molar-refractivity contribution in [1.82, 2.24) is 111 Å². The molecule has 0 spiro atoms. The molecule has 34 nitrogen and oxygen atoms in total. The molecule has 4 aliphatic heterocycles. The first-order valence-electron chi connectivity index (χ1n) is 48.1. The number of carbonyl (C=O) groups excluding carboxylic acids is 4. The van der Waals surface area contributed by atoms with Crippen LogP contribution in [0.2, 0.25) is 0 Å². The summed E-state index contributed by atoms with van der Waals surface area (Å²) >= 11 is 0. The highest BCUT2D eigenvalue weighted by Crippen LogP contribution is 2.35. The van der Waals surface area contributed by atoms with Crippen LogP contribution < -0.4 is 19.6 Å². The Bertz CT molecular complexity index is 6860. The summed E-state index contributed by atoms with van der Waals surface area (Å²) in [6.07, 6.45) is 12.9. The number of pyridine rings is 3. The van der Waals surface area contributed by atoms with Crippen molar-refractivity contribution in [2.24, 2.45) is 0 Å². The summed E-state index contributed by atoms with van der Waals surface area (Å²) in [5.74, 6) is 6.33. The number of morpholine rings is 4. The van der Waals surface area contributed by atoms with Crippen LogP contribution in [0.4, 0.5) is 23.3 Å². The van der Waals surface area contributed by atoms with Gasteiger partial charge < -0.3 is 58.5 Å². The van der Waals surface area contributed by atoms with Gasteiger partial charge >= 0.3 is 0 Å². The number of aromatic nitrogens is 22. The van der Waals surface area contributed by atoms with Crippen LogP contribution in [0.25, 0.3) is 135 Å². The van der Waals surface area contributed by atoms with E-state index < -0.39 is 0 Å². The molecule has 0 unspecified atom stereocenters. The lowest BCUT2D eigenvalue weighted by Crippen LogP contribution is -2.36. The van der Waals surface area contributed by atoms with Gasteiger partial charge in [-0.15, -0.1) is 0 Å². The SMILES string of the molecule is O=C(Cc1ccc(-c2cc3c(N4CCOCC4)nccc3[nH]2)cc1)Cc1cc(-c2ccccc2)n[nH]1.O=C(Cc1ccc(-c2nc3c(N4CCOCC4)nccc3[nH]2)cc1)Cc1cc(-c2ccncc2)n[nH]1.O=C(Cc1ccc(-c2nc3ncnc(N4CCOCC4)c3[nH]2)cc1)Cc1cc(-c2ccccc2)n[nH]1.O=C(Cc1ccc(-c2nc3ncnc(N4CCOCC4)c3[nH]2)cc1)Cc1cc(-c2ccccc2)n[nH]1. The molecular formula is C110H102N26O8. The maximum absolute atomic E-state index is 12.7. The van der Waals surface area contributed by atoms with Crippen LogP contribution in [0.1, 0.15) is 45.0 Å². The molecule has 34 heteroatoms. The first kappa shape index (κ1) is 93.0. The van der Waals surface area contributed by atoms with Gasteiger partial charge in [0, 0.05) is 201 Å². The second kappa shape index (κ2) is 44.0. The number of carbonyl (C=O) groups is 4.